The average Bonchev–Trinajstić information content (AvgIpc) is 3.01. The van der Waals surface area contributed by atoms with Crippen molar-refractivity contribution in [3.63, 3.8) is 0 Å². The van der Waals surface area contributed by atoms with E-state index in [9.17, 15) is 19.2 Å². The van der Waals surface area contributed by atoms with Gasteiger partial charge in [-0.3, -0.25) is 9.59 Å². The van der Waals surface area contributed by atoms with Crippen LogP contribution in [0.4, 0.5) is 0 Å². The van der Waals surface area contributed by atoms with Crippen molar-refractivity contribution in [2.75, 3.05) is 26.4 Å². The van der Waals surface area contributed by atoms with Gasteiger partial charge in [-0.05, 0) is 73.5 Å². The third kappa shape index (κ3) is 7.39. The van der Waals surface area contributed by atoms with Gasteiger partial charge in [0.05, 0.1) is 13.2 Å². The molecule has 226 valence electrons. The second kappa shape index (κ2) is 14.8. The Labute approximate surface area is 255 Å². The summed E-state index contributed by atoms with van der Waals surface area (Å²) in [4.78, 5) is 49.8. The van der Waals surface area contributed by atoms with Crippen LogP contribution < -0.4 is 9.47 Å². The second-order valence-electron chi connectivity index (χ2n) is 9.76. The Morgan fingerprint density at radius 1 is 0.568 bits per heavy atom. The number of rotatable bonds is 13. The van der Waals surface area contributed by atoms with Crippen molar-refractivity contribution in [1.82, 2.24) is 0 Å². The molecule has 0 aliphatic rings. The molecular formula is C36H34O8. The zero-order chi connectivity index (χ0) is 31.6. The van der Waals surface area contributed by atoms with E-state index >= 15 is 0 Å². The van der Waals surface area contributed by atoms with E-state index in [0.717, 1.165) is 21.5 Å². The van der Waals surface area contributed by atoms with Gasteiger partial charge in [0.1, 0.15) is 35.9 Å². The zero-order valence-electron chi connectivity index (χ0n) is 25.2. The fraction of sp³-hybridized carbons (Fsp3) is 0.222. The molecule has 0 N–H and O–H groups in total. The third-order valence-corrected chi connectivity index (χ3v) is 6.79. The van der Waals surface area contributed by atoms with Gasteiger partial charge in [-0.2, -0.15) is 0 Å². The van der Waals surface area contributed by atoms with Crippen LogP contribution in [0.5, 0.6) is 11.5 Å². The number of hydrogen-bond acceptors (Lipinski definition) is 8. The number of Topliss-reactive ketones (excluding diaryl/α,β-unsaturated/α-hetero) is 2. The van der Waals surface area contributed by atoms with E-state index in [4.69, 9.17) is 18.9 Å². The topological polar surface area (TPSA) is 105 Å². The summed E-state index contributed by atoms with van der Waals surface area (Å²) in [5.41, 5.74) is 0.965. The van der Waals surface area contributed by atoms with E-state index < -0.39 is 23.5 Å². The lowest BCUT2D eigenvalue weighted by molar-refractivity contribution is -0.141. The van der Waals surface area contributed by atoms with Gasteiger partial charge in [0.2, 0.25) is 0 Å². The van der Waals surface area contributed by atoms with E-state index in [1.807, 2.05) is 60.7 Å². The molecule has 0 amide bonds. The summed E-state index contributed by atoms with van der Waals surface area (Å²) in [6.45, 7) is 6.49. The van der Waals surface area contributed by atoms with E-state index in [2.05, 4.69) is 0 Å². The average molecular weight is 595 g/mol. The normalized spacial score (nSPS) is 11.7. The molecule has 8 heteroatoms. The Kier molecular flexibility index (Phi) is 10.6. The van der Waals surface area contributed by atoms with E-state index in [1.54, 1.807) is 26.0 Å². The number of ketones is 2. The van der Waals surface area contributed by atoms with Crippen LogP contribution in [0, 0.1) is 0 Å². The van der Waals surface area contributed by atoms with Gasteiger partial charge in [0.15, 0.2) is 11.6 Å². The molecule has 0 saturated heterocycles. The van der Waals surface area contributed by atoms with Crippen LogP contribution in [0.2, 0.25) is 0 Å². The molecule has 4 aromatic rings. The minimum Gasteiger partial charge on any atom is -0.489 e. The minimum atomic E-state index is -0.702. The Morgan fingerprint density at radius 2 is 0.955 bits per heavy atom. The van der Waals surface area contributed by atoms with Gasteiger partial charge in [0, 0.05) is 11.1 Å². The van der Waals surface area contributed by atoms with E-state index in [-0.39, 0.29) is 37.6 Å². The van der Waals surface area contributed by atoms with Crippen molar-refractivity contribution in [3.05, 3.63) is 95.1 Å². The molecule has 0 saturated carbocycles. The van der Waals surface area contributed by atoms with Crippen molar-refractivity contribution in [3.8, 4) is 11.5 Å². The Hall–Kier alpha value is -5.24. The number of ether oxygens (including phenoxy) is 4. The summed E-state index contributed by atoms with van der Waals surface area (Å²) >= 11 is 0. The lowest BCUT2D eigenvalue weighted by Crippen LogP contribution is -2.14. The molecule has 0 spiro atoms. The van der Waals surface area contributed by atoms with Gasteiger partial charge in [0.25, 0.3) is 0 Å². The lowest BCUT2D eigenvalue weighted by atomic mass is 10.00. The van der Waals surface area contributed by atoms with Crippen LogP contribution in [0.25, 0.3) is 33.7 Å². The number of carbonyl (C=O) groups excluding carboxylic acids is 4. The smallest absolute Gasteiger partial charge is 0.341 e. The van der Waals surface area contributed by atoms with Crippen LogP contribution in [-0.4, -0.2) is 49.9 Å². The maximum atomic E-state index is 12.5. The third-order valence-electron chi connectivity index (χ3n) is 6.79. The molecule has 0 atom stereocenters. The Bertz CT molecular complexity index is 1650. The van der Waals surface area contributed by atoms with Crippen molar-refractivity contribution >= 4 is 57.2 Å². The fourth-order valence-electron chi connectivity index (χ4n) is 4.72. The highest BCUT2D eigenvalue weighted by atomic mass is 16.5. The molecule has 4 aromatic carbocycles. The van der Waals surface area contributed by atoms with Gasteiger partial charge >= 0.3 is 11.9 Å². The first-order valence-corrected chi connectivity index (χ1v) is 14.3. The van der Waals surface area contributed by atoms with Crippen molar-refractivity contribution in [2.24, 2.45) is 0 Å². The predicted octanol–water partition coefficient (Wildman–Crippen LogP) is 6.52. The summed E-state index contributed by atoms with van der Waals surface area (Å²) in [6, 6.07) is 22.5. The van der Waals surface area contributed by atoms with Crippen molar-refractivity contribution in [1.29, 1.82) is 0 Å². The summed E-state index contributed by atoms with van der Waals surface area (Å²) < 4.78 is 22.5. The lowest BCUT2D eigenvalue weighted by Gasteiger charge is -2.15. The highest BCUT2D eigenvalue weighted by molar-refractivity contribution is 6.21. The van der Waals surface area contributed by atoms with Gasteiger partial charge in [-0.15, -0.1) is 0 Å². The molecule has 0 unspecified atom stereocenters. The summed E-state index contributed by atoms with van der Waals surface area (Å²) in [5.74, 6) is -1.34. The molecule has 0 bridgehead atoms. The Balaban J connectivity index is 1.65. The molecule has 0 radical (unpaired) electrons. The number of fused-ring (bicyclic) bond motifs is 2. The van der Waals surface area contributed by atoms with Gasteiger partial charge < -0.3 is 18.9 Å². The summed E-state index contributed by atoms with van der Waals surface area (Å²) in [6.07, 6.45) is 3.01. The van der Waals surface area contributed by atoms with Crippen LogP contribution in [-0.2, 0) is 28.7 Å². The molecule has 0 aliphatic carbocycles. The van der Waals surface area contributed by atoms with Crippen molar-refractivity contribution < 1.29 is 38.1 Å². The maximum Gasteiger partial charge on any atom is 0.341 e. The molecule has 4 rings (SSSR count). The molecule has 0 aliphatic heterocycles. The molecular weight excluding hydrogens is 560 g/mol. The highest BCUT2D eigenvalue weighted by Crippen LogP contribution is 2.32. The predicted molar refractivity (Wildman–Crippen MR) is 169 cm³/mol. The van der Waals surface area contributed by atoms with Gasteiger partial charge in [-0.1, -0.05) is 60.7 Å². The molecule has 0 aromatic heterocycles. The monoisotopic (exact) mass is 594 g/mol. The molecule has 8 nitrogen and oxygen atoms in total. The SMILES string of the molecule is CCOC(=O)/C(=C\c1c(OCCOc2ccc3ccccc3c2/C=C(/C(C)=O)C(=O)OCC)ccc2ccccc12)C(C)=O. The second-order valence-corrected chi connectivity index (χ2v) is 9.76. The number of hydrogen-bond donors (Lipinski definition) is 0. The quantitative estimate of drug-likeness (QED) is 0.0566. The number of carbonyl (C=O) groups is 4. The van der Waals surface area contributed by atoms with Crippen molar-refractivity contribution in [2.45, 2.75) is 27.7 Å². The molecule has 44 heavy (non-hydrogen) atoms. The highest BCUT2D eigenvalue weighted by Gasteiger charge is 2.20. The maximum absolute atomic E-state index is 12.5. The van der Waals surface area contributed by atoms with Crippen LogP contribution in [0.15, 0.2) is 83.9 Å². The van der Waals surface area contributed by atoms with E-state index in [1.165, 1.54) is 26.0 Å². The fourth-order valence-corrected chi connectivity index (χ4v) is 4.72. The summed E-state index contributed by atoms with van der Waals surface area (Å²) in [7, 11) is 0. The number of benzene rings is 4. The minimum absolute atomic E-state index is 0.0835. The standard InChI is InChI=1S/C36H34O8/c1-5-41-35(39)29(23(3)37)21-31-27-13-9-7-11-25(27)15-17-33(31)43-19-20-44-34-18-16-26-12-8-10-14-28(26)32(34)22-30(24(4)38)36(40)42-6-2/h7-18,21-22H,5-6,19-20H2,1-4H3/b29-21-,30-22-. The number of esters is 2. The first-order chi connectivity index (χ1) is 21.2. The molecule has 0 heterocycles. The molecule has 0 fully saturated rings. The first kappa shape index (κ1) is 31.7. The Morgan fingerprint density at radius 3 is 1.32 bits per heavy atom. The van der Waals surface area contributed by atoms with Gasteiger partial charge in [-0.25, -0.2) is 9.59 Å². The van der Waals surface area contributed by atoms with Crippen LogP contribution in [0.3, 0.4) is 0 Å². The van der Waals surface area contributed by atoms with Crippen LogP contribution in [0.1, 0.15) is 38.8 Å². The largest absolute Gasteiger partial charge is 0.489 e. The van der Waals surface area contributed by atoms with Crippen LogP contribution >= 0.6 is 0 Å². The zero-order valence-corrected chi connectivity index (χ0v) is 25.2. The first-order valence-electron chi connectivity index (χ1n) is 14.3. The summed E-state index contributed by atoms with van der Waals surface area (Å²) in [5, 5.41) is 3.41. The van der Waals surface area contributed by atoms with E-state index in [0.29, 0.717) is 22.6 Å².